The molecule has 0 atom stereocenters. The molecule has 0 saturated heterocycles. The van der Waals surface area contributed by atoms with Gasteiger partial charge in [-0.3, -0.25) is 0 Å². The van der Waals surface area contributed by atoms with Gasteiger partial charge < -0.3 is 75.8 Å². The van der Waals surface area contributed by atoms with Gasteiger partial charge >= 0.3 is 0 Å². The summed E-state index contributed by atoms with van der Waals surface area (Å²) in [7, 11) is 0. The van der Waals surface area contributed by atoms with Gasteiger partial charge in [-0.1, -0.05) is 261 Å². The van der Waals surface area contributed by atoms with Gasteiger partial charge in [-0.15, -0.1) is 114 Å². The Labute approximate surface area is 804 Å². The van der Waals surface area contributed by atoms with Crippen molar-refractivity contribution in [2.75, 3.05) is 118 Å². The summed E-state index contributed by atoms with van der Waals surface area (Å²) in [4.78, 5) is 13.4. The molecular weight excluding hydrogens is 1800 g/mol. The number of thioether (sulfide) groups is 2. The van der Waals surface area contributed by atoms with Crippen LogP contribution in [0.2, 0.25) is 0 Å². The van der Waals surface area contributed by atoms with E-state index in [1.807, 2.05) is 0 Å². The van der Waals surface area contributed by atoms with Crippen LogP contribution < -0.4 is 75.8 Å². The first-order chi connectivity index (χ1) is 62.9. The maximum absolute atomic E-state index is 8.01. The zero-order chi connectivity index (χ0) is 88.5. The van der Waals surface area contributed by atoms with Gasteiger partial charge in [0.2, 0.25) is 0 Å². The van der Waals surface area contributed by atoms with Crippen LogP contribution in [0.4, 0.5) is 0 Å². The number of rotatable bonds is 49. The van der Waals surface area contributed by atoms with Crippen LogP contribution in [-0.4, -0.2) is 118 Å². The van der Waals surface area contributed by atoms with Crippen LogP contribution in [0.5, 0.6) is 92.0 Å². The predicted molar refractivity (Wildman–Crippen MR) is 539 cm³/mol. The van der Waals surface area contributed by atoms with Crippen LogP contribution in [-0.2, 0) is 0 Å². The minimum Gasteiger partial charge on any atom is -0.487 e. The first-order valence-corrected chi connectivity index (χ1v) is 58.4. The minimum absolute atomic E-state index is 0.235. The summed E-state index contributed by atoms with van der Waals surface area (Å²) in [6.45, 7) is 26.3. The van der Waals surface area contributed by atoms with Crippen LogP contribution in [0.25, 0.3) is 68.3 Å². The highest BCUT2D eigenvalue weighted by Crippen LogP contribution is 2.72. The molecule has 8 aliphatic heterocycles. The molecule has 0 saturated carbocycles. The summed E-state index contributed by atoms with van der Waals surface area (Å²) in [5.41, 5.74) is -0.996. The molecule has 0 fully saturated rings. The molecule has 8 aliphatic rings. The average molecular weight is 1940 g/mol. The fourth-order valence-electron chi connectivity index (χ4n) is 19.8. The van der Waals surface area contributed by atoms with Crippen LogP contribution >= 0.6 is 114 Å². The standard InChI is InChI=1S/C102H142O16S10/c1-11-19-27-35-43-99(44-36-28-20-12-2)59-111-71-73(113-61-99)89(123-87(71)83-67-69(105-53-51-103-67)85(121-83)95-79-81(97(119-9)127-95)109-57-55-107-79)91-75-77(117-65-101(63-115-75,47-39-31-23-15-5)48-40-32-24-16-6)93(125-91)94-78-76(116-64-102(66-118-78,49-41-33-25-17-7)50-42-34-26-18-8)92(126-94)90-74-72(112-60-100(62-114-74,45-37-29-21-13-3)46-38-30-22-14-4)88(124-90)84-68-70(106-54-52-104-68)86(122-84)96-80-82(98(120-10)128-96)110-58-56-108-80/h11-66H2,1-10H3. The topological polar surface area (TPSA) is 148 Å². The van der Waals surface area contributed by atoms with E-state index in [-0.39, 0.29) is 21.7 Å². The summed E-state index contributed by atoms with van der Waals surface area (Å²) in [6.07, 6.45) is 49.5. The van der Waals surface area contributed by atoms with Gasteiger partial charge in [-0.25, -0.2) is 0 Å². The summed E-state index contributed by atoms with van der Waals surface area (Å²) in [5.74, 6) is 12.0. The van der Waals surface area contributed by atoms with E-state index in [2.05, 4.69) is 67.9 Å². The Morgan fingerprint density at radius 3 is 0.453 bits per heavy atom. The third-order valence-electron chi connectivity index (χ3n) is 27.3. The van der Waals surface area contributed by atoms with E-state index < -0.39 is 0 Å². The SMILES string of the molecule is CCCCCCC1(CCCCCC)COc2c(-c3sc(-c4sc(SC)c5c4OCCO5)c4c3OCCO4)sc(-c3sc(-c4sc(-c5sc(-c6sc(-c7sc(SC)c8c7OCCO8)c7c6OCCO7)c6c5OCC(CCCCCC)(CCCCCC)CO6)c5c4OCC(CCCCCC)(CCCCCC)CO5)c4c3OCC(CCCCCC)(CCCCCC)CO4)c2OC1. The first kappa shape index (κ1) is 96.2. The first-order valence-electron chi connectivity index (χ1n) is 49.4. The third kappa shape index (κ3) is 21.2. The van der Waals surface area contributed by atoms with Gasteiger partial charge in [0, 0.05) is 21.7 Å². The lowest BCUT2D eigenvalue weighted by Crippen LogP contribution is -2.34. The van der Waals surface area contributed by atoms with Crippen LogP contribution in [0.3, 0.4) is 0 Å². The van der Waals surface area contributed by atoms with Gasteiger partial charge in [0.25, 0.3) is 0 Å². The number of ether oxygens (including phenoxy) is 16. The fourth-order valence-corrected chi connectivity index (χ4v) is 31.5. The number of hydrogen-bond acceptors (Lipinski definition) is 26. The number of thiophene rings is 8. The van der Waals surface area contributed by atoms with E-state index in [9.17, 15) is 0 Å². The maximum atomic E-state index is 8.01. The van der Waals surface area contributed by atoms with E-state index in [0.29, 0.717) is 106 Å². The van der Waals surface area contributed by atoms with Gasteiger partial charge in [-0.2, -0.15) is 0 Å². The van der Waals surface area contributed by atoms with Gasteiger partial charge in [-0.05, 0) is 63.9 Å². The molecule has 8 aromatic heterocycles. The molecule has 26 heteroatoms. The fraction of sp³-hybridized carbons (Fsp3) is 0.686. The Balaban J connectivity index is 0.932. The molecule has 706 valence electrons. The molecule has 16 nitrogen and oxygen atoms in total. The second kappa shape index (κ2) is 46.1. The molecule has 0 aromatic carbocycles. The minimum atomic E-state index is -0.263. The molecule has 128 heavy (non-hydrogen) atoms. The zero-order valence-corrected chi connectivity index (χ0v) is 86.4. The monoisotopic (exact) mass is 1940 g/mol. The molecule has 16 rings (SSSR count). The van der Waals surface area contributed by atoms with E-state index in [1.165, 1.54) is 154 Å². The lowest BCUT2D eigenvalue weighted by Gasteiger charge is -2.32. The van der Waals surface area contributed by atoms with E-state index >= 15 is 0 Å². The van der Waals surface area contributed by atoms with Crippen molar-refractivity contribution in [3.05, 3.63) is 0 Å². The van der Waals surface area contributed by atoms with E-state index in [0.717, 1.165) is 271 Å². The molecule has 0 radical (unpaired) electrons. The van der Waals surface area contributed by atoms with E-state index in [4.69, 9.17) is 75.8 Å². The molecule has 0 N–H and O–H groups in total. The van der Waals surface area contributed by atoms with Crippen molar-refractivity contribution in [1.29, 1.82) is 0 Å². The Kier molecular flexibility index (Phi) is 34.7. The van der Waals surface area contributed by atoms with Crippen molar-refractivity contribution >= 4 is 114 Å². The van der Waals surface area contributed by atoms with Gasteiger partial charge in [0.1, 0.15) is 61.3 Å². The number of fused-ring (bicyclic) bond motifs is 8. The predicted octanol–water partition coefficient (Wildman–Crippen LogP) is 33.2. The molecule has 0 bridgehead atoms. The molecule has 0 unspecified atom stereocenters. The highest BCUT2D eigenvalue weighted by atomic mass is 32.2. The van der Waals surface area contributed by atoms with E-state index in [1.54, 1.807) is 114 Å². The summed E-state index contributed by atoms with van der Waals surface area (Å²) in [5, 5.41) is 0. The molecule has 0 spiro atoms. The van der Waals surface area contributed by atoms with Crippen molar-refractivity contribution in [2.24, 2.45) is 21.7 Å². The number of hydrogen-bond donors (Lipinski definition) is 0. The molecule has 16 heterocycles. The van der Waals surface area contributed by atoms with Crippen LogP contribution in [0.1, 0.15) is 312 Å². The highest BCUT2D eigenvalue weighted by molar-refractivity contribution is 8.01. The number of unbranched alkanes of at least 4 members (excludes halogenated alkanes) is 24. The Morgan fingerprint density at radius 1 is 0.172 bits per heavy atom. The second-order valence-corrected chi connectivity index (χ2v) is 47.6. The lowest BCUT2D eigenvalue weighted by molar-refractivity contribution is 0.0778. The summed E-state index contributed by atoms with van der Waals surface area (Å²) >= 11 is 17.1. The summed E-state index contributed by atoms with van der Waals surface area (Å²) in [6, 6.07) is 0. The maximum Gasteiger partial charge on any atom is 0.186 e. The molecule has 0 aliphatic carbocycles. The normalized spacial score (nSPS) is 17.2. The quantitative estimate of drug-likeness (QED) is 0.0263. The second-order valence-electron chi connectivity index (χ2n) is 37.3. The van der Waals surface area contributed by atoms with Crippen molar-refractivity contribution in [3.8, 4) is 160 Å². The zero-order valence-electron chi connectivity index (χ0n) is 78.2. The Hall–Kier alpha value is -4.90. The van der Waals surface area contributed by atoms with Crippen molar-refractivity contribution in [1.82, 2.24) is 0 Å². The molecule has 0 amide bonds. The average Bonchev–Trinajstić information content (AvgIpc) is 1.56. The third-order valence-corrected chi connectivity index (χ3v) is 39.9. The van der Waals surface area contributed by atoms with Gasteiger partial charge in [0.05, 0.1) is 121 Å². The largest absolute Gasteiger partial charge is 0.487 e. The molecular formula is C102H142O16S10. The smallest absolute Gasteiger partial charge is 0.186 e. The Morgan fingerprint density at radius 2 is 0.305 bits per heavy atom. The lowest BCUT2D eigenvalue weighted by atomic mass is 9.79. The van der Waals surface area contributed by atoms with Crippen LogP contribution in [0.15, 0.2) is 8.42 Å². The van der Waals surface area contributed by atoms with Crippen molar-refractivity contribution in [3.63, 3.8) is 0 Å². The van der Waals surface area contributed by atoms with Crippen molar-refractivity contribution in [2.45, 2.75) is 321 Å². The summed E-state index contributed by atoms with van der Waals surface area (Å²) < 4.78 is 119. The van der Waals surface area contributed by atoms with Gasteiger partial charge in [0.15, 0.2) is 92.0 Å². The Bertz CT molecular complexity index is 4540. The molecule has 8 aromatic rings. The highest BCUT2D eigenvalue weighted by Gasteiger charge is 2.49. The van der Waals surface area contributed by atoms with Crippen LogP contribution in [0, 0.1) is 21.7 Å². The van der Waals surface area contributed by atoms with Crippen molar-refractivity contribution < 1.29 is 75.8 Å².